The largest absolute Gasteiger partial charge is 0.506 e. The Morgan fingerprint density at radius 3 is 1.65 bits per heavy atom. The highest BCUT2D eigenvalue weighted by Crippen LogP contribution is 2.43. The van der Waals surface area contributed by atoms with Crippen molar-refractivity contribution in [2.75, 3.05) is 0 Å². The molecule has 1 rings (SSSR count). The summed E-state index contributed by atoms with van der Waals surface area (Å²) in [5.41, 5.74) is 0. The highest BCUT2D eigenvalue weighted by Gasteiger charge is 2.29. The molecule has 1 aromatic rings. The molecule has 0 saturated carbocycles. The third kappa shape index (κ3) is 2.41. The summed E-state index contributed by atoms with van der Waals surface area (Å²) in [6, 6.07) is 0.160. The van der Waals surface area contributed by atoms with Crippen molar-refractivity contribution < 1.29 is 41.3 Å². The Morgan fingerprint density at radius 1 is 0.824 bits per heavy atom. The van der Waals surface area contributed by atoms with Crippen LogP contribution in [0.4, 0.5) is 0 Å². The highest BCUT2D eigenvalue weighted by atomic mass is 32.2. The van der Waals surface area contributed by atoms with Crippen LogP contribution in [-0.4, -0.2) is 41.3 Å². The average molecular weight is 286 g/mol. The summed E-state index contributed by atoms with van der Waals surface area (Å²) in [5, 5.41) is 27.4. The van der Waals surface area contributed by atoms with Gasteiger partial charge >= 0.3 is 10.1 Å². The van der Waals surface area contributed by atoms with Crippen LogP contribution in [0.25, 0.3) is 0 Å². The van der Waals surface area contributed by atoms with E-state index in [1.165, 1.54) is 0 Å². The molecule has 9 nitrogen and oxygen atoms in total. The van der Waals surface area contributed by atoms with E-state index in [4.69, 9.17) is 24.4 Å². The third-order valence-electron chi connectivity index (χ3n) is 1.71. The van der Waals surface area contributed by atoms with Crippen molar-refractivity contribution in [1.82, 2.24) is 0 Å². The maximum absolute atomic E-state index is 10.7. The molecular formula is C6H6O9S2. The van der Waals surface area contributed by atoms with E-state index in [9.17, 15) is 16.8 Å². The van der Waals surface area contributed by atoms with Crippen LogP contribution >= 0.6 is 0 Å². The van der Waals surface area contributed by atoms with Gasteiger partial charge < -0.3 is 15.3 Å². The van der Waals surface area contributed by atoms with Gasteiger partial charge in [-0.25, -0.2) is 0 Å². The van der Waals surface area contributed by atoms with Crippen LogP contribution in [0.15, 0.2) is 15.9 Å². The zero-order valence-electron chi connectivity index (χ0n) is 7.76. The van der Waals surface area contributed by atoms with E-state index >= 15 is 0 Å². The van der Waals surface area contributed by atoms with E-state index in [2.05, 4.69) is 0 Å². The Hall–Kier alpha value is -1.56. The lowest BCUT2D eigenvalue weighted by atomic mass is 10.3. The van der Waals surface area contributed by atoms with Gasteiger partial charge in [-0.05, 0) is 0 Å². The molecule has 0 aliphatic heterocycles. The molecule has 17 heavy (non-hydrogen) atoms. The number of phenols is 3. The van der Waals surface area contributed by atoms with Crippen LogP contribution in [0.2, 0.25) is 0 Å². The summed E-state index contributed by atoms with van der Waals surface area (Å²) in [6.45, 7) is 0. The van der Waals surface area contributed by atoms with Crippen LogP contribution < -0.4 is 0 Å². The first kappa shape index (κ1) is 13.5. The number of aromatic hydroxyl groups is 3. The molecule has 0 spiro atoms. The van der Waals surface area contributed by atoms with Crippen LogP contribution in [0, 0.1) is 0 Å². The van der Waals surface area contributed by atoms with Crippen molar-refractivity contribution in [2.24, 2.45) is 0 Å². The van der Waals surface area contributed by atoms with Crippen molar-refractivity contribution in [3.8, 4) is 17.2 Å². The number of rotatable bonds is 2. The van der Waals surface area contributed by atoms with Crippen molar-refractivity contribution in [2.45, 2.75) is 9.79 Å². The maximum Gasteiger partial charge on any atom is 0.302 e. The summed E-state index contributed by atoms with van der Waals surface area (Å²) >= 11 is 0. The van der Waals surface area contributed by atoms with Gasteiger partial charge in [0.1, 0.15) is 10.6 Å². The molecule has 0 unspecified atom stereocenters. The lowest BCUT2D eigenvalue weighted by molar-refractivity contribution is 0.361. The predicted octanol–water partition coefficient (Wildman–Crippen LogP) is -0.703. The minimum absolute atomic E-state index is 0.160. The summed E-state index contributed by atoms with van der Waals surface area (Å²) in [7, 11) is -10.1. The van der Waals surface area contributed by atoms with Gasteiger partial charge in [0.2, 0.25) is 0 Å². The molecule has 0 heterocycles. The first-order valence-corrected chi connectivity index (χ1v) is 6.57. The first-order chi connectivity index (χ1) is 7.46. The number of phenolic OH excluding ortho intramolecular Hbond substituents is 3. The number of hydrogen-bond acceptors (Lipinski definition) is 7. The Labute approximate surface area is 95.1 Å². The van der Waals surface area contributed by atoms with E-state index < -0.39 is 47.3 Å². The smallest absolute Gasteiger partial charge is 0.302 e. The van der Waals surface area contributed by atoms with Crippen LogP contribution in [0.5, 0.6) is 17.2 Å². The molecule has 0 fully saturated rings. The van der Waals surface area contributed by atoms with Gasteiger partial charge in [0.05, 0.1) is 0 Å². The summed E-state index contributed by atoms with van der Waals surface area (Å²) < 4.78 is 59.9. The summed E-state index contributed by atoms with van der Waals surface area (Å²) in [4.78, 5) is -2.78. The fraction of sp³-hybridized carbons (Fsp3) is 0. The van der Waals surface area contributed by atoms with Crippen molar-refractivity contribution in [1.29, 1.82) is 0 Å². The molecule has 5 N–H and O–H groups in total. The SMILES string of the molecule is O=S(=O)(O)c1cc(O)c(S(=O)(=O)O)c(O)c1O. The van der Waals surface area contributed by atoms with Gasteiger partial charge in [0.15, 0.2) is 16.4 Å². The second kappa shape index (κ2) is 3.73. The number of hydrogen-bond donors (Lipinski definition) is 5. The minimum atomic E-state index is -5.09. The Bertz CT molecular complexity index is 670. The van der Waals surface area contributed by atoms with Gasteiger partial charge in [-0.2, -0.15) is 16.8 Å². The van der Waals surface area contributed by atoms with E-state index in [1.54, 1.807) is 0 Å². The van der Waals surface area contributed by atoms with Crippen molar-refractivity contribution in [3.05, 3.63) is 6.07 Å². The van der Waals surface area contributed by atoms with Crippen LogP contribution in [0.1, 0.15) is 0 Å². The van der Waals surface area contributed by atoms with Crippen LogP contribution in [0.3, 0.4) is 0 Å². The zero-order valence-corrected chi connectivity index (χ0v) is 9.40. The Morgan fingerprint density at radius 2 is 1.29 bits per heavy atom. The fourth-order valence-electron chi connectivity index (χ4n) is 1.05. The van der Waals surface area contributed by atoms with E-state index in [0.717, 1.165) is 0 Å². The van der Waals surface area contributed by atoms with Gasteiger partial charge in [-0.1, -0.05) is 0 Å². The maximum atomic E-state index is 10.7. The third-order valence-corrected chi connectivity index (χ3v) is 3.49. The quantitative estimate of drug-likeness (QED) is 0.268. The lowest BCUT2D eigenvalue weighted by Gasteiger charge is -2.08. The first-order valence-electron chi connectivity index (χ1n) is 3.69. The van der Waals surface area contributed by atoms with Gasteiger partial charge in [0, 0.05) is 6.07 Å². The molecule has 11 heteroatoms. The van der Waals surface area contributed by atoms with Gasteiger partial charge in [-0.15, -0.1) is 0 Å². The number of benzene rings is 1. The molecule has 0 aliphatic rings. The Balaban J connectivity index is 3.84. The van der Waals surface area contributed by atoms with Crippen LogP contribution in [-0.2, 0) is 20.2 Å². The second-order valence-electron chi connectivity index (χ2n) is 2.87. The summed E-state index contributed by atoms with van der Waals surface area (Å²) in [6.07, 6.45) is 0. The molecule has 0 aliphatic carbocycles. The molecular weight excluding hydrogens is 280 g/mol. The molecule has 0 radical (unpaired) electrons. The van der Waals surface area contributed by atoms with E-state index in [-0.39, 0.29) is 6.07 Å². The average Bonchev–Trinajstić information content (AvgIpc) is 2.07. The second-order valence-corrected chi connectivity index (χ2v) is 5.62. The standard InChI is InChI=1S/C6H6O9S2/c7-2-1-3(16(10,11)12)4(8)5(9)6(2)17(13,14)15/h1,7-9H,(H,10,11,12)(H,13,14,15). The normalized spacial score (nSPS) is 12.6. The lowest BCUT2D eigenvalue weighted by Crippen LogP contribution is -2.03. The monoisotopic (exact) mass is 286 g/mol. The molecule has 0 atom stereocenters. The van der Waals surface area contributed by atoms with E-state index in [0.29, 0.717) is 0 Å². The molecule has 0 saturated heterocycles. The molecule has 0 bridgehead atoms. The molecule has 96 valence electrons. The molecule has 0 amide bonds. The molecule has 1 aromatic carbocycles. The molecule has 0 aromatic heterocycles. The van der Waals surface area contributed by atoms with Gasteiger partial charge in [-0.3, -0.25) is 9.11 Å². The summed E-state index contributed by atoms with van der Waals surface area (Å²) in [5.74, 6) is -4.46. The zero-order chi connectivity index (χ0) is 13.6. The van der Waals surface area contributed by atoms with E-state index in [1.807, 2.05) is 0 Å². The van der Waals surface area contributed by atoms with Gasteiger partial charge in [0.25, 0.3) is 10.1 Å². The highest BCUT2D eigenvalue weighted by molar-refractivity contribution is 7.86. The predicted molar refractivity (Wildman–Crippen MR) is 51.1 cm³/mol. The minimum Gasteiger partial charge on any atom is -0.506 e. The van der Waals surface area contributed by atoms with Crippen molar-refractivity contribution >= 4 is 20.2 Å². The topological polar surface area (TPSA) is 169 Å². The fourth-order valence-corrected chi connectivity index (χ4v) is 2.32. The van der Waals surface area contributed by atoms with Crippen molar-refractivity contribution in [3.63, 3.8) is 0 Å². The Kier molecular flexibility index (Phi) is 2.96.